The predicted octanol–water partition coefficient (Wildman–Crippen LogP) is 3.01. The normalized spacial score (nSPS) is 17.7. The quantitative estimate of drug-likeness (QED) is 0.830. The minimum atomic E-state index is 0.356. The molecule has 0 amide bonds. The van der Waals surface area contributed by atoms with Gasteiger partial charge in [-0.05, 0) is 25.8 Å². The van der Waals surface area contributed by atoms with Crippen molar-refractivity contribution in [2.24, 2.45) is 5.92 Å². The standard InChI is InChI=1S/C12H20ClN3/c1-3-6-16-12(10(13)8-15-16)11(14-2)7-9-4-5-9/h8-9,11,14H,3-7H2,1-2H3. The Morgan fingerprint density at radius 3 is 2.94 bits per heavy atom. The molecule has 1 saturated carbocycles. The highest BCUT2D eigenvalue weighted by Gasteiger charge is 2.28. The number of rotatable bonds is 6. The second-order valence-corrected chi connectivity index (χ2v) is 5.03. The molecule has 1 atom stereocenters. The van der Waals surface area contributed by atoms with E-state index in [1.165, 1.54) is 19.3 Å². The topological polar surface area (TPSA) is 29.9 Å². The van der Waals surface area contributed by atoms with Crippen LogP contribution in [0.25, 0.3) is 0 Å². The van der Waals surface area contributed by atoms with Crippen molar-refractivity contribution in [1.82, 2.24) is 15.1 Å². The molecule has 16 heavy (non-hydrogen) atoms. The van der Waals surface area contributed by atoms with E-state index < -0.39 is 0 Å². The van der Waals surface area contributed by atoms with Crippen LogP contribution in [0.4, 0.5) is 0 Å². The van der Waals surface area contributed by atoms with Gasteiger partial charge in [0.25, 0.3) is 0 Å². The van der Waals surface area contributed by atoms with Gasteiger partial charge in [-0.1, -0.05) is 31.4 Å². The van der Waals surface area contributed by atoms with Crippen molar-refractivity contribution in [2.45, 2.75) is 45.2 Å². The number of hydrogen-bond acceptors (Lipinski definition) is 2. The minimum Gasteiger partial charge on any atom is -0.312 e. The Hall–Kier alpha value is -0.540. The van der Waals surface area contributed by atoms with E-state index in [9.17, 15) is 0 Å². The predicted molar refractivity (Wildman–Crippen MR) is 66.7 cm³/mol. The Morgan fingerprint density at radius 2 is 2.38 bits per heavy atom. The highest BCUT2D eigenvalue weighted by molar-refractivity contribution is 6.31. The zero-order valence-electron chi connectivity index (χ0n) is 10.0. The Balaban J connectivity index is 2.16. The van der Waals surface area contributed by atoms with Gasteiger partial charge in [0.05, 0.1) is 23.0 Å². The Morgan fingerprint density at radius 1 is 1.62 bits per heavy atom. The van der Waals surface area contributed by atoms with Crippen molar-refractivity contribution in [3.63, 3.8) is 0 Å². The van der Waals surface area contributed by atoms with Crippen LogP contribution in [-0.2, 0) is 6.54 Å². The molecule has 1 unspecified atom stereocenters. The Labute approximate surface area is 102 Å². The van der Waals surface area contributed by atoms with Crippen molar-refractivity contribution in [3.05, 3.63) is 16.9 Å². The zero-order valence-corrected chi connectivity index (χ0v) is 10.8. The first-order valence-electron chi connectivity index (χ1n) is 6.14. The molecule has 1 aliphatic carbocycles. The summed E-state index contributed by atoms with van der Waals surface area (Å²) in [5.74, 6) is 0.887. The molecule has 90 valence electrons. The van der Waals surface area contributed by atoms with Crippen molar-refractivity contribution >= 4 is 11.6 Å². The summed E-state index contributed by atoms with van der Waals surface area (Å²) in [5.41, 5.74) is 1.16. The monoisotopic (exact) mass is 241 g/mol. The summed E-state index contributed by atoms with van der Waals surface area (Å²) in [7, 11) is 2.01. The summed E-state index contributed by atoms with van der Waals surface area (Å²) >= 11 is 6.23. The minimum absolute atomic E-state index is 0.356. The Kier molecular flexibility index (Phi) is 3.87. The third kappa shape index (κ3) is 2.58. The second-order valence-electron chi connectivity index (χ2n) is 4.62. The largest absolute Gasteiger partial charge is 0.312 e. The third-order valence-electron chi connectivity index (χ3n) is 3.21. The molecule has 1 fully saturated rings. The molecule has 1 N–H and O–H groups in total. The number of halogens is 1. The summed E-state index contributed by atoms with van der Waals surface area (Å²) in [5, 5.41) is 8.52. The molecule has 0 aromatic carbocycles. The van der Waals surface area contributed by atoms with Crippen LogP contribution in [0.3, 0.4) is 0 Å². The van der Waals surface area contributed by atoms with E-state index in [0.29, 0.717) is 6.04 Å². The smallest absolute Gasteiger partial charge is 0.0834 e. The van der Waals surface area contributed by atoms with E-state index in [0.717, 1.165) is 29.6 Å². The summed E-state index contributed by atoms with van der Waals surface area (Å²) in [6, 6.07) is 0.356. The number of nitrogens with one attached hydrogen (secondary N) is 1. The van der Waals surface area contributed by atoms with Crippen molar-refractivity contribution < 1.29 is 0 Å². The van der Waals surface area contributed by atoms with E-state index in [2.05, 4.69) is 17.3 Å². The average Bonchev–Trinajstić information content (AvgIpc) is 3.02. The number of aryl methyl sites for hydroxylation is 1. The number of hydrogen-bond donors (Lipinski definition) is 1. The summed E-state index contributed by atoms with van der Waals surface area (Å²) in [6.45, 7) is 3.11. The van der Waals surface area contributed by atoms with Crippen LogP contribution < -0.4 is 5.32 Å². The fourth-order valence-electron chi connectivity index (χ4n) is 2.16. The van der Waals surface area contributed by atoms with E-state index in [-0.39, 0.29) is 0 Å². The Bertz CT molecular complexity index is 344. The van der Waals surface area contributed by atoms with Crippen LogP contribution in [0.5, 0.6) is 0 Å². The molecule has 0 spiro atoms. The van der Waals surface area contributed by atoms with Gasteiger partial charge >= 0.3 is 0 Å². The molecule has 0 radical (unpaired) electrons. The third-order valence-corrected chi connectivity index (χ3v) is 3.50. The molecule has 2 rings (SSSR count). The molecular weight excluding hydrogens is 222 g/mol. The van der Waals surface area contributed by atoms with Gasteiger partial charge in [0.1, 0.15) is 0 Å². The van der Waals surface area contributed by atoms with Crippen LogP contribution in [0.1, 0.15) is 44.3 Å². The molecule has 1 aliphatic rings. The molecule has 0 aliphatic heterocycles. The fraction of sp³-hybridized carbons (Fsp3) is 0.750. The molecular formula is C12H20ClN3. The number of aromatic nitrogens is 2. The van der Waals surface area contributed by atoms with E-state index >= 15 is 0 Å². The highest BCUT2D eigenvalue weighted by atomic mass is 35.5. The maximum absolute atomic E-state index is 6.23. The molecule has 1 heterocycles. The molecule has 1 aromatic heterocycles. The van der Waals surface area contributed by atoms with Gasteiger partial charge < -0.3 is 5.32 Å². The lowest BCUT2D eigenvalue weighted by molar-refractivity contribution is 0.458. The van der Waals surface area contributed by atoms with E-state index in [4.69, 9.17) is 11.6 Å². The van der Waals surface area contributed by atoms with Gasteiger partial charge in [0, 0.05) is 6.54 Å². The molecule has 0 saturated heterocycles. The van der Waals surface area contributed by atoms with Gasteiger partial charge in [-0.15, -0.1) is 0 Å². The van der Waals surface area contributed by atoms with E-state index in [1.54, 1.807) is 6.20 Å². The summed E-state index contributed by atoms with van der Waals surface area (Å²) in [6.07, 6.45) is 6.79. The summed E-state index contributed by atoms with van der Waals surface area (Å²) in [4.78, 5) is 0. The van der Waals surface area contributed by atoms with Crippen molar-refractivity contribution in [3.8, 4) is 0 Å². The van der Waals surface area contributed by atoms with Gasteiger partial charge in [-0.3, -0.25) is 4.68 Å². The average molecular weight is 242 g/mol. The van der Waals surface area contributed by atoms with Gasteiger partial charge in [-0.25, -0.2) is 0 Å². The van der Waals surface area contributed by atoms with Crippen LogP contribution in [0.2, 0.25) is 5.02 Å². The van der Waals surface area contributed by atoms with Crippen molar-refractivity contribution in [1.29, 1.82) is 0 Å². The molecule has 3 nitrogen and oxygen atoms in total. The lowest BCUT2D eigenvalue weighted by Gasteiger charge is -2.18. The van der Waals surface area contributed by atoms with Crippen LogP contribution in [0, 0.1) is 5.92 Å². The van der Waals surface area contributed by atoms with Gasteiger partial charge in [0.2, 0.25) is 0 Å². The lowest BCUT2D eigenvalue weighted by atomic mass is 10.1. The van der Waals surface area contributed by atoms with Gasteiger partial charge in [-0.2, -0.15) is 5.10 Å². The fourth-order valence-corrected chi connectivity index (χ4v) is 2.43. The molecule has 4 heteroatoms. The maximum atomic E-state index is 6.23. The van der Waals surface area contributed by atoms with E-state index in [1.807, 2.05) is 11.7 Å². The first-order chi connectivity index (χ1) is 7.76. The lowest BCUT2D eigenvalue weighted by Crippen LogP contribution is -2.21. The van der Waals surface area contributed by atoms with Crippen LogP contribution in [0.15, 0.2) is 6.20 Å². The molecule has 1 aromatic rings. The first kappa shape index (κ1) is 11.9. The highest BCUT2D eigenvalue weighted by Crippen LogP contribution is 2.38. The first-order valence-corrected chi connectivity index (χ1v) is 6.52. The van der Waals surface area contributed by atoms with Crippen LogP contribution >= 0.6 is 11.6 Å². The van der Waals surface area contributed by atoms with Crippen molar-refractivity contribution in [2.75, 3.05) is 7.05 Å². The summed E-state index contributed by atoms with van der Waals surface area (Å²) < 4.78 is 2.05. The second kappa shape index (κ2) is 5.19. The number of nitrogens with zero attached hydrogens (tertiary/aromatic N) is 2. The maximum Gasteiger partial charge on any atom is 0.0834 e. The molecule has 0 bridgehead atoms. The SMILES string of the molecule is CCCn1ncc(Cl)c1C(CC1CC1)NC. The zero-order chi connectivity index (χ0) is 11.5. The van der Waals surface area contributed by atoms with Gasteiger partial charge in [0.15, 0.2) is 0 Å². The van der Waals surface area contributed by atoms with Crippen LogP contribution in [-0.4, -0.2) is 16.8 Å².